The first-order valence-corrected chi connectivity index (χ1v) is 9.89. The van der Waals surface area contributed by atoms with Gasteiger partial charge in [-0.3, -0.25) is 4.57 Å². The van der Waals surface area contributed by atoms with Gasteiger partial charge in [0.1, 0.15) is 5.82 Å². The zero-order valence-corrected chi connectivity index (χ0v) is 15.3. The fourth-order valence-corrected chi connectivity index (χ4v) is 5.28. The Morgan fingerprint density at radius 2 is 1.19 bits per heavy atom. The highest BCUT2D eigenvalue weighted by atomic mass is 31.1. The van der Waals surface area contributed by atoms with Crippen molar-refractivity contribution < 1.29 is 8.78 Å². The number of imidazole rings is 1. The lowest BCUT2D eigenvalue weighted by molar-refractivity contribution is 0.0201. The van der Waals surface area contributed by atoms with Crippen molar-refractivity contribution in [2.75, 3.05) is 0 Å². The van der Waals surface area contributed by atoms with Crippen LogP contribution in [0.1, 0.15) is 0 Å². The molecule has 3 aromatic carbocycles. The summed E-state index contributed by atoms with van der Waals surface area (Å²) in [6.07, 6.45) is 2.79. The highest BCUT2D eigenvalue weighted by molar-refractivity contribution is 7.73. The number of aromatic nitrogens is 2. The molecule has 1 aromatic heterocycles. The van der Waals surface area contributed by atoms with Crippen LogP contribution in [0.4, 0.5) is 8.78 Å². The lowest BCUT2D eigenvalue weighted by Gasteiger charge is -2.30. The van der Waals surface area contributed by atoms with E-state index in [4.69, 9.17) is 0 Å². The zero-order chi connectivity index (χ0) is 18.7. The predicted molar refractivity (Wildman–Crippen MR) is 107 cm³/mol. The fourth-order valence-electron chi connectivity index (χ4n) is 3.04. The Kier molecular flexibility index (Phi) is 4.83. The van der Waals surface area contributed by atoms with Crippen LogP contribution >= 0.6 is 7.92 Å². The third-order valence-electron chi connectivity index (χ3n) is 4.26. The molecule has 4 aromatic rings. The van der Waals surface area contributed by atoms with Crippen molar-refractivity contribution >= 4 is 18.5 Å². The Balaban J connectivity index is 1.87. The van der Waals surface area contributed by atoms with Gasteiger partial charge < -0.3 is 0 Å². The summed E-state index contributed by atoms with van der Waals surface area (Å²) in [7, 11) is -1.96. The van der Waals surface area contributed by atoms with E-state index in [0.717, 1.165) is 4.57 Å². The van der Waals surface area contributed by atoms with Crippen molar-refractivity contribution in [1.82, 2.24) is 9.55 Å². The predicted octanol–water partition coefficient (Wildman–Crippen LogP) is 5.19. The maximum atomic E-state index is 15.9. The van der Waals surface area contributed by atoms with Crippen molar-refractivity contribution in [3.05, 3.63) is 103 Å². The van der Waals surface area contributed by atoms with E-state index < -0.39 is 13.7 Å². The van der Waals surface area contributed by atoms with Crippen molar-refractivity contribution in [2.24, 2.45) is 0 Å². The standard InChI is InChI=1S/C22H17F2N2P/c23-22(24,26-17-16-25-21(26)18-10-4-1-5-11-18)27(19-12-6-2-7-13-19)20-14-8-3-9-15-20/h1-17H. The van der Waals surface area contributed by atoms with Gasteiger partial charge in [-0.1, -0.05) is 91.0 Å². The Bertz CT molecular complexity index is 963. The monoisotopic (exact) mass is 378 g/mol. The fraction of sp³-hybridized carbons (Fsp3) is 0.0455. The molecule has 2 nitrogen and oxygen atoms in total. The smallest absolute Gasteiger partial charge is 0.267 e. The Hall–Kier alpha value is -2.84. The molecule has 0 N–H and O–H groups in total. The number of benzene rings is 3. The third kappa shape index (κ3) is 3.41. The molecule has 0 saturated heterocycles. The van der Waals surface area contributed by atoms with Crippen molar-refractivity contribution in [1.29, 1.82) is 0 Å². The first-order valence-electron chi connectivity index (χ1n) is 8.55. The molecule has 1 heterocycles. The summed E-state index contributed by atoms with van der Waals surface area (Å²) in [4.78, 5) is 4.22. The molecule has 0 fully saturated rings. The molecule has 0 saturated carbocycles. The van der Waals surface area contributed by atoms with Crippen molar-refractivity contribution in [3.8, 4) is 11.4 Å². The van der Waals surface area contributed by atoms with Gasteiger partial charge in [-0.05, 0) is 10.6 Å². The molecule has 0 aliphatic rings. The van der Waals surface area contributed by atoms with Crippen LogP contribution < -0.4 is 10.6 Å². The number of halogens is 2. The largest absolute Gasteiger partial charge is 0.355 e. The van der Waals surface area contributed by atoms with E-state index >= 15 is 8.78 Å². The second-order valence-corrected chi connectivity index (χ2v) is 8.24. The van der Waals surface area contributed by atoms with E-state index in [0.29, 0.717) is 16.2 Å². The number of hydrogen-bond acceptors (Lipinski definition) is 1. The second-order valence-electron chi connectivity index (χ2n) is 6.00. The van der Waals surface area contributed by atoms with Gasteiger partial charge in [0.25, 0.3) is 0 Å². The number of hydrogen-bond donors (Lipinski definition) is 0. The summed E-state index contributed by atoms with van der Waals surface area (Å²) >= 11 is 0. The molecule has 0 aliphatic carbocycles. The molecule has 0 bridgehead atoms. The summed E-state index contributed by atoms with van der Waals surface area (Å²) in [6, 6.07) is 27.1. The van der Waals surface area contributed by atoms with Crippen LogP contribution in [0, 0.1) is 0 Å². The van der Waals surface area contributed by atoms with E-state index in [9.17, 15) is 0 Å². The third-order valence-corrected chi connectivity index (χ3v) is 6.64. The summed E-state index contributed by atoms with van der Waals surface area (Å²) in [6.45, 7) is 0. The Labute approximate surface area is 157 Å². The maximum Gasteiger partial charge on any atom is 0.355 e. The number of rotatable bonds is 5. The van der Waals surface area contributed by atoms with Gasteiger partial charge >= 0.3 is 5.79 Å². The normalized spacial score (nSPS) is 11.7. The molecule has 27 heavy (non-hydrogen) atoms. The summed E-state index contributed by atoms with van der Waals surface area (Å²) in [5.41, 5.74) is 0.665. The molecule has 0 aliphatic heterocycles. The van der Waals surface area contributed by atoms with E-state index in [1.165, 1.54) is 12.4 Å². The van der Waals surface area contributed by atoms with Gasteiger partial charge in [0.2, 0.25) is 0 Å². The lowest BCUT2D eigenvalue weighted by Crippen LogP contribution is -2.30. The van der Waals surface area contributed by atoms with Crippen LogP contribution in [-0.4, -0.2) is 9.55 Å². The average Bonchev–Trinajstić information content (AvgIpc) is 3.21. The minimum atomic E-state index is -3.14. The molecule has 0 unspecified atom stereocenters. The topological polar surface area (TPSA) is 17.8 Å². The molecular formula is C22H17F2N2P. The molecule has 0 spiro atoms. The van der Waals surface area contributed by atoms with Gasteiger partial charge in [0, 0.05) is 18.0 Å². The van der Waals surface area contributed by atoms with Crippen LogP contribution in [-0.2, 0) is 5.79 Å². The zero-order valence-electron chi connectivity index (χ0n) is 14.4. The first kappa shape index (κ1) is 17.6. The average molecular weight is 378 g/mol. The number of alkyl halides is 2. The molecule has 0 radical (unpaired) electrons. The van der Waals surface area contributed by atoms with E-state index in [1.54, 1.807) is 60.7 Å². The van der Waals surface area contributed by atoms with E-state index in [-0.39, 0.29) is 5.82 Å². The van der Waals surface area contributed by atoms with Crippen LogP contribution in [0.15, 0.2) is 103 Å². The second kappa shape index (κ2) is 7.42. The van der Waals surface area contributed by atoms with E-state index in [2.05, 4.69) is 4.98 Å². The van der Waals surface area contributed by atoms with Crippen molar-refractivity contribution in [3.63, 3.8) is 0 Å². The van der Waals surface area contributed by atoms with Gasteiger partial charge in [0.15, 0.2) is 0 Å². The molecular weight excluding hydrogens is 361 g/mol. The molecule has 0 atom stereocenters. The highest BCUT2D eigenvalue weighted by Crippen LogP contribution is 2.54. The summed E-state index contributed by atoms with van der Waals surface area (Å²) in [5.74, 6) is -2.88. The molecule has 0 amide bonds. The van der Waals surface area contributed by atoms with Gasteiger partial charge in [-0.15, -0.1) is 0 Å². The van der Waals surface area contributed by atoms with Gasteiger partial charge in [-0.2, -0.15) is 8.78 Å². The van der Waals surface area contributed by atoms with Crippen LogP contribution in [0.3, 0.4) is 0 Å². The SMILES string of the molecule is FC(F)(n1ccnc1-c1ccccc1)P(c1ccccc1)c1ccccc1. The minimum Gasteiger partial charge on any atom is -0.267 e. The lowest BCUT2D eigenvalue weighted by atomic mass is 10.2. The summed E-state index contributed by atoms with van der Waals surface area (Å²) < 4.78 is 32.9. The van der Waals surface area contributed by atoms with Gasteiger partial charge in [-0.25, -0.2) is 4.98 Å². The van der Waals surface area contributed by atoms with Crippen molar-refractivity contribution in [2.45, 2.75) is 5.79 Å². The molecule has 134 valence electrons. The quantitative estimate of drug-likeness (QED) is 0.437. The van der Waals surface area contributed by atoms with Crippen LogP contribution in [0.25, 0.3) is 11.4 Å². The minimum absolute atomic E-state index is 0.264. The number of nitrogens with zero attached hydrogens (tertiary/aromatic N) is 2. The highest BCUT2D eigenvalue weighted by Gasteiger charge is 2.44. The van der Waals surface area contributed by atoms with Crippen LogP contribution in [0.2, 0.25) is 0 Å². The maximum absolute atomic E-state index is 15.9. The van der Waals surface area contributed by atoms with E-state index in [1.807, 2.05) is 30.3 Å². The van der Waals surface area contributed by atoms with Crippen LogP contribution in [0.5, 0.6) is 0 Å². The molecule has 4 rings (SSSR count). The first-order chi connectivity index (χ1) is 13.2. The van der Waals surface area contributed by atoms with Gasteiger partial charge in [0.05, 0.1) is 7.92 Å². The summed E-state index contributed by atoms with van der Waals surface area (Å²) in [5, 5.41) is 1.24. The Morgan fingerprint density at radius 3 is 1.70 bits per heavy atom. The Morgan fingerprint density at radius 1 is 0.704 bits per heavy atom. The molecule has 5 heteroatoms.